The van der Waals surface area contributed by atoms with Gasteiger partial charge in [0, 0.05) is 29.9 Å². The van der Waals surface area contributed by atoms with Gasteiger partial charge in [-0.3, -0.25) is 9.48 Å². The number of aryl methyl sites for hydroxylation is 1. The highest BCUT2D eigenvalue weighted by Crippen LogP contribution is 2.25. The standard InChI is InChI=1S/C15H20N4OS/c1-3-11(15-16-8-9-21-15)17-14(20)13-10-6-4-5-7-12(10)19(2)18-13/h8-9,11H,3-7H2,1-2H3,(H,17,20). The van der Waals surface area contributed by atoms with Gasteiger partial charge < -0.3 is 5.32 Å². The van der Waals surface area contributed by atoms with Crippen LogP contribution < -0.4 is 5.32 Å². The first-order valence-corrected chi connectivity index (χ1v) is 8.33. The summed E-state index contributed by atoms with van der Waals surface area (Å²) in [6, 6.07) is -0.0289. The van der Waals surface area contributed by atoms with Crippen LogP contribution in [-0.2, 0) is 19.9 Å². The largest absolute Gasteiger partial charge is 0.341 e. The van der Waals surface area contributed by atoms with Gasteiger partial charge in [0.2, 0.25) is 0 Å². The van der Waals surface area contributed by atoms with E-state index in [2.05, 4.69) is 22.3 Å². The van der Waals surface area contributed by atoms with Crippen LogP contribution in [-0.4, -0.2) is 20.7 Å². The van der Waals surface area contributed by atoms with Gasteiger partial charge in [-0.25, -0.2) is 4.98 Å². The van der Waals surface area contributed by atoms with Crippen molar-refractivity contribution in [3.63, 3.8) is 0 Å². The second-order valence-electron chi connectivity index (χ2n) is 5.41. The van der Waals surface area contributed by atoms with Crippen molar-refractivity contribution in [2.75, 3.05) is 0 Å². The second-order valence-corrected chi connectivity index (χ2v) is 6.34. The number of rotatable bonds is 4. The summed E-state index contributed by atoms with van der Waals surface area (Å²) in [7, 11) is 1.93. The molecule has 3 rings (SSSR count). The zero-order valence-electron chi connectivity index (χ0n) is 12.4. The van der Waals surface area contributed by atoms with Crippen LogP contribution in [0.5, 0.6) is 0 Å². The zero-order valence-corrected chi connectivity index (χ0v) is 13.2. The summed E-state index contributed by atoms with van der Waals surface area (Å²) >= 11 is 1.58. The number of nitrogens with one attached hydrogen (secondary N) is 1. The molecule has 0 aromatic carbocycles. The van der Waals surface area contributed by atoms with Gasteiger partial charge in [0.1, 0.15) is 5.01 Å². The Balaban J connectivity index is 1.82. The number of thiazole rings is 1. The zero-order chi connectivity index (χ0) is 14.8. The first-order chi connectivity index (χ1) is 10.2. The summed E-state index contributed by atoms with van der Waals surface area (Å²) in [4.78, 5) is 16.9. The topological polar surface area (TPSA) is 59.8 Å². The molecule has 0 saturated heterocycles. The Labute approximate surface area is 128 Å². The molecule has 0 fully saturated rings. The Morgan fingerprint density at radius 1 is 1.48 bits per heavy atom. The molecule has 1 unspecified atom stereocenters. The number of amides is 1. The predicted octanol–water partition coefficient (Wildman–Crippen LogP) is 2.64. The van der Waals surface area contributed by atoms with E-state index in [1.165, 1.54) is 12.1 Å². The lowest BCUT2D eigenvalue weighted by atomic mass is 9.95. The summed E-state index contributed by atoms with van der Waals surface area (Å²) in [5.41, 5.74) is 2.95. The highest BCUT2D eigenvalue weighted by molar-refractivity contribution is 7.09. The second kappa shape index (κ2) is 5.97. The van der Waals surface area contributed by atoms with Crippen LogP contribution in [0.1, 0.15) is 59.0 Å². The van der Waals surface area contributed by atoms with Gasteiger partial charge in [-0.2, -0.15) is 5.10 Å². The van der Waals surface area contributed by atoms with E-state index in [0.717, 1.165) is 36.3 Å². The molecule has 1 aliphatic carbocycles. The van der Waals surface area contributed by atoms with E-state index in [-0.39, 0.29) is 11.9 Å². The molecule has 2 heterocycles. The third-order valence-corrected chi connectivity index (χ3v) is 4.93. The van der Waals surface area contributed by atoms with E-state index in [0.29, 0.717) is 5.69 Å². The fraction of sp³-hybridized carbons (Fsp3) is 0.533. The van der Waals surface area contributed by atoms with Gasteiger partial charge in [-0.05, 0) is 32.1 Å². The minimum Gasteiger partial charge on any atom is -0.341 e. The lowest BCUT2D eigenvalue weighted by Crippen LogP contribution is -2.29. The van der Waals surface area contributed by atoms with Crippen LogP contribution in [0.15, 0.2) is 11.6 Å². The van der Waals surface area contributed by atoms with E-state index >= 15 is 0 Å². The third kappa shape index (κ3) is 2.72. The van der Waals surface area contributed by atoms with Crippen LogP contribution in [0, 0.1) is 0 Å². The molecule has 1 aliphatic rings. The van der Waals surface area contributed by atoms with Crippen molar-refractivity contribution >= 4 is 17.2 Å². The summed E-state index contributed by atoms with van der Waals surface area (Å²) in [5.74, 6) is -0.0733. The molecule has 2 aromatic heterocycles. The van der Waals surface area contributed by atoms with Crippen LogP contribution in [0.4, 0.5) is 0 Å². The van der Waals surface area contributed by atoms with Gasteiger partial charge in [0.05, 0.1) is 6.04 Å². The predicted molar refractivity (Wildman–Crippen MR) is 82.5 cm³/mol. The van der Waals surface area contributed by atoms with Crippen LogP contribution in [0.2, 0.25) is 0 Å². The minimum absolute atomic E-state index is 0.0289. The van der Waals surface area contributed by atoms with Crippen LogP contribution in [0.25, 0.3) is 0 Å². The van der Waals surface area contributed by atoms with E-state index in [1.807, 2.05) is 17.1 Å². The van der Waals surface area contributed by atoms with Gasteiger partial charge >= 0.3 is 0 Å². The van der Waals surface area contributed by atoms with Gasteiger partial charge in [0.25, 0.3) is 5.91 Å². The average molecular weight is 304 g/mol. The molecule has 1 amide bonds. The molecule has 1 atom stereocenters. The number of carbonyl (C=O) groups is 1. The molecule has 1 N–H and O–H groups in total. The maximum absolute atomic E-state index is 12.6. The fourth-order valence-corrected chi connectivity index (χ4v) is 3.70. The monoisotopic (exact) mass is 304 g/mol. The Bertz CT molecular complexity index is 632. The van der Waals surface area contributed by atoms with Crippen molar-refractivity contribution in [2.45, 2.75) is 45.1 Å². The van der Waals surface area contributed by atoms with E-state index < -0.39 is 0 Å². The molecular formula is C15H20N4OS. The van der Waals surface area contributed by atoms with Crippen molar-refractivity contribution < 1.29 is 4.79 Å². The average Bonchev–Trinajstić information content (AvgIpc) is 3.13. The quantitative estimate of drug-likeness (QED) is 0.944. The number of fused-ring (bicyclic) bond motifs is 1. The summed E-state index contributed by atoms with van der Waals surface area (Å²) in [6.45, 7) is 2.06. The third-order valence-electron chi connectivity index (χ3n) is 4.04. The Morgan fingerprint density at radius 2 is 2.29 bits per heavy atom. The Kier molecular flexibility index (Phi) is 4.05. The first-order valence-electron chi connectivity index (χ1n) is 7.45. The summed E-state index contributed by atoms with van der Waals surface area (Å²) < 4.78 is 1.87. The number of nitrogens with zero attached hydrogens (tertiary/aromatic N) is 3. The van der Waals surface area contributed by atoms with Gasteiger partial charge in [-0.1, -0.05) is 6.92 Å². The first kappa shape index (κ1) is 14.3. The Morgan fingerprint density at radius 3 is 3.00 bits per heavy atom. The van der Waals surface area contributed by atoms with Crippen molar-refractivity contribution in [2.24, 2.45) is 7.05 Å². The van der Waals surface area contributed by atoms with Gasteiger partial charge in [0.15, 0.2) is 5.69 Å². The number of hydrogen-bond donors (Lipinski definition) is 1. The Hall–Kier alpha value is -1.69. The lowest BCUT2D eigenvalue weighted by molar-refractivity contribution is 0.0928. The highest BCUT2D eigenvalue weighted by atomic mass is 32.1. The van der Waals surface area contributed by atoms with E-state index in [4.69, 9.17) is 0 Å². The molecule has 0 aliphatic heterocycles. The molecule has 0 spiro atoms. The highest BCUT2D eigenvalue weighted by Gasteiger charge is 2.25. The van der Waals surface area contributed by atoms with Gasteiger partial charge in [-0.15, -0.1) is 11.3 Å². The summed E-state index contributed by atoms with van der Waals surface area (Å²) in [6.07, 6.45) is 6.91. The molecule has 21 heavy (non-hydrogen) atoms. The van der Waals surface area contributed by atoms with Crippen LogP contribution in [0.3, 0.4) is 0 Å². The molecule has 2 aromatic rings. The molecular weight excluding hydrogens is 284 g/mol. The van der Waals surface area contributed by atoms with E-state index in [1.54, 1.807) is 17.5 Å². The molecule has 0 saturated carbocycles. The van der Waals surface area contributed by atoms with Crippen LogP contribution >= 0.6 is 11.3 Å². The maximum Gasteiger partial charge on any atom is 0.272 e. The van der Waals surface area contributed by atoms with E-state index in [9.17, 15) is 4.79 Å². The smallest absolute Gasteiger partial charge is 0.272 e. The number of hydrogen-bond acceptors (Lipinski definition) is 4. The summed E-state index contributed by atoms with van der Waals surface area (Å²) in [5, 5.41) is 10.4. The normalized spacial score (nSPS) is 15.5. The number of carbonyl (C=O) groups excluding carboxylic acids is 1. The molecule has 0 bridgehead atoms. The SMILES string of the molecule is CCC(NC(=O)c1nn(C)c2c1CCCC2)c1nccs1. The molecule has 112 valence electrons. The van der Waals surface area contributed by atoms with Crippen molar-refractivity contribution in [1.82, 2.24) is 20.1 Å². The fourth-order valence-electron chi connectivity index (χ4n) is 2.93. The minimum atomic E-state index is -0.0733. The molecule has 5 nitrogen and oxygen atoms in total. The molecule has 0 radical (unpaired) electrons. The lowest BCUT2D eigenvalue weighted by Gasteiger charge is -2.15. The van der Waals surface area contributed by atoms with Crippen molar-refractivity contribution in [1.29, 1.82) is 0 Å². The van der Waals surface area contributed by atoms with Crippen molar-refractivity contribution in [3.05, 3.63) is 33.5 Å². The maximum atomic E-state index is 12.6. The van der Waals surface area contributed by atoms with Crippen molar-refractivity contribution in [3.8, 4) is 0 Å². The molecule has 6 heteroatoms. The number of aromatic nitrogens is 3.